The van der Waals surface area contributed by atoms with Gasteiger partial charge in [-0.25, -0.2) is 9.18 Å². The van der Waals surface area contributed by atoms with Crippen molar-refractivity contribution in [3.8, 4) is 0 Å². The summed E-state index contributed by atoms with van der Waals surface area (Å²) in [5, 5.41) is 0.0655. The van der Waals surface area contributed by atoms with Crippen molar-refractivity contribution in [2.45, 2.75) is 6.54 Å². The van der Waals surface area contributed by atoms with Crippen LogP contribution in [0.1, 0.15) is 5.56 Å². The van der Waals surface area contributed by atoms with Crippen LogP contribution in [0, 0.1) is 5.82 Å². The second-order valence-electron chi connectivity index (χ2n) is 4.66. The first kappa shape index (κ1) is 12.9. The number of imidazole rings is 1. The van der Waals surface area contributed by atoms with Crippen LogP contribution >= 0.6 is 11.6 Å². The first-order valence-corrected chi connectivity index (χ1v) is 6.54. The lowest BCUT2D eigenvalue weighted by molar-refractivity contribution is 0.626. The zero-order chi connectivity index (χ0) is 14.3. The zero-order valence-corrected chi connectivity index (χ0v) is 11.6. The summed E-state index contributed by atoms with van der Waals surface area (Å²) >= 11 is 5.78. The van der Waals surface area contributed by atoms with Crippen LogP contribution in [0.5, 0.6) is 0 Å². The van der Waals surface area contributed by atoms with Crippen molar-refractivity contribution in [3.63, 3.8) is 0 Å². The molecular weight excluding hydrogens is 279 g/mol. The fourth-order valence-electron chi connectivity index (χ4n) is 2.34. The number of halogens is 2. The van der Waals surface area contributed by atoms with Crippen molar-refractivity contribution in [3.05, 3.63) is 69.4 Å². The quantitative estimate of drug-likeness (QED) is 0.712. The Morgan fingerprint density at radius 1 is 1.15 bits per heavy atom. The third-order valence-corrected chi connectivity index (χ3v) is 3.67. The van der Waals surface area contributed by atoms with Gasteiger partial charge in [-0.1, -0.05) is 29.8 Å². The molecule has 3 aromatic rings. The van der Waals surface area contributed by atoms with Crippen molar-refractivity contribution in [1.82, 2.24) is 9.13 Å². The van der Waals surface area contributed by atoms with E-state index in [1.807, 2.05) is 24.3 Å². The normalized spacial score (nSPS) is 11.2. The summed E-state index contributed by atoms with van der Waals surface area (Å²) in [4.78, 5) is 12.3. The molecule has 0 amide bonds. The Hall–Kier alpha value is -2.07. The maximum Gasteiger partial charge on any atom is 0.329 e. The molecule has 0 radical (unpaired) electrons. The highest BCUT2D eigenvalue weighted by Crippen LogP contribution is 2.18. The molecule has 0 N–H and O–H groups in total. The van der Waals surface area contributed by atoms with Crippen molar-refractivity contribution < 1.29 is 4.39 Å². The van der Waals surface area contributed by atoms with Gasteiger partial charge in [0.2, 0.25) is 0 Å². The van der Waals surface area contributed by atoms with Crippen LogP contribution < -0.4 is 5.69 Å². The second-order valence-corrected chi connectivity index (χ2v) is 5.07. The maximum atomic E-state index is 13.2. The second kappa shape index (κ2) is 4.80. The summed E-state index contributed by atoms with van der Waals surface area (Å²) in [6.07, 6.45) is 0. The monoisotopic (exact) mass is 290 g/mol. The van der Waals surface area contributed by atoms with Crippen LogP contribution in [-0.4, -0.2) is 9.13 Å². The molecule has 20 heavy (non-hydrogen) atoms. The smallest absolute Gasteiger partial charge is 0.295 e. The fraction of sp³-hybridized carbons (Fsp3) is 0.133. The lowest BCUT2D eigenvalue weighted by Gasteiger charge is -2.04. The lowest BCUT2D eigenvalue weighted by Crippen LogP contribution is -2.22. The number of hydrogen-bond acceptors (Lipinski definition) is 1. The van der Waals surface area contributed by atoms with E-state index >= 15 is 0 Å². The predicted molar refractivity (Wildman–Crippen MR) is 77.7 cm³/mol. The summed E-state index contributed by atoms with van der Waals surface area (Å²) in [6, 6.07) is 12.1. The van der Waals surface area contributed by atoms with E-state index in [1.165, 1.54) is 6.07 Å². The van der Waals surface area contributed by atoms with Gasteiger partial charge < -0.3 is 0 Å². The average Bonchev–Trinajstić information content (AvgIpc) is 2.69. The highest BCUT2D eigenvalue weighted by molar-refractivity contribution is 6.30. The summed E-state index contributed by atoms with van der Waals surface area (Å²) in [5.74, 6) is -0.458. The molecular formula is C15H12ClFN2O. The summed E-state index contributed by atoms with van der Waals surface area (Å²) in [6.45, 7) is 0.361. The predicted octanol–water partition coefficient (Wildman–Crippen LogP) is 3.18. The molecule has 3 nitrogen and oxygen atoms in total. The first-order chi connectivity index (χ1) is 9.58. The number of aryl methyl sites for hydroxylation is 1. The minimum atomic E-state index is -0.458. The van der Waals surface area contributed by atoms with E-state index in [0.29, 0.717) is 6.54 Å². The Labute approximate surface area is 119 Å². The van der Waals surface area contributed by atoms with Crippen molar-refractivity contribution in [1.29, 1.82) is 0 Å². The van der Waals surface area contributed by atoms with Gasteiger partial charge >= 0.3 is 5.69 Å². The van der Waals surface area contributed by atoms with Crippen LogP contribution in [0.25, 0.3) is 11.0 Å². The standard InChI is InChI=1S/C15H12ClFN2O/c1-18-13-4-2-3-5-14(13)19(15(18)20)9-10-6-7-12(17)11(16)8-10/h2-8H,9H2,1H3. The Morgan fingerprint density at radius 2 is 1.85 bits per heavy atom. The number of aromatic nitrogens is 2. The Balaban J connectivity index is 2.13. The highest BCUT2D eigenvalue weighted by atomic mass is 35.5. The fourth-order valence-corrected chi connectivity index (χ4v) is 2.54. The van der Waals surface area contributed by atoms with Crippen molar-refractivity contribution in [2.24, 2.45) is 7.05 Å². The zero-order valence-electron chi connectivity index (χ0n) is 10.8. The van der Waals surface area contributed by atoms with Gasteiger partial charge in [0.15, 0.2) is 0 Å². The number of hydrogen-bond donors (Lipinski definition) is 0. The third kappa shape index (κ3) is 2.02. The minimum Gasteiger partial charge on any atom is -0.295 e. The van der Waals surface area contributed by atoms with Gasteiger partial charge in [-0.15, -0.1) is 0 Å². The minimum absolute atomic E-state index is 0.0655. The molecule has 0 aliphatic rings. The largest absolute Gasteiger partial charge is 0.329 e. The Kier molecular flexibility index (Phi) is 3.10. The molecule has 0 saturated heterocycles. The molecule has 0 saturated carbocycles. The molecule has 0 bridgehead atoms. The molecule has 5 heteroatoms. The Morgan fingerprint density at radius 3 is 2.55 bits per heavy atom. The van der Waals surface area contributed by atoms with Gasteiger partial charge in [-0.2, -0.15) is 0 Å². The molecule has 0 aliphatic heterocycles. The number of nitrogens with zero attached hydrogens (tertiary/aromatic N) is 2. The van der Waals surface area contributed by atoms with Crippen LogP contribution in [0.15, 0.2) is 47.3 Å². The van der Waals surface area contributed by atoms with E-state index in [4.69, 9.17) is 11.6 Å². The van der Waals surface area contributed by atoms with Gasteiger partial charge in [0, 0.05) is 7.05 Å². The molecule has 2 aromatic carbocycles. The van der Waals surface area contributed by atoms with Crippen LogP contribution in [-0.2, 0) is 13.6 Å². The molecule has 0 fully saturated rings. The van der Waals surface area contributed by atoms with Crippen molar-refractivity contribution in [2.75, 3.05) is 0 Å². The topological polar surface area (TPSA) is 26.9 Å². The SMILES string of the molecule is Cn1c(=O)n(Cc2ccc(F)c(Cl)c2)c2ccccc21. The van der Waals surface area contributed by atoms with Gasteiger partial charge in [0.1, 0.15) is 5.82 Å². The molecule has 0 spiro atoms. The van der Waals surface area contributed by atoms with Gasteiger partial charge in [-0.3, -0.25) is 9.13 Å². The van der Waals surface area contributed by atoms with Crippen LogP contribution in [0.2, 0.25) is 5.02 Å². The van der Waals surface area contributed by atoms with E-state index in [9.17, 15) is 9.18 Å². The van der Waals surface area contributed by atoms with E-state index < -0.39 is 5.82 Å². The summed E-state index contributed by atoms with van der Waals surface area (Å²) in [7, 11) is 1.73. The molecule has 0 atom stereocenters. The molecule has 0 aliphatic carbocycles. The van der Waals surface area contributed by atoms with E-state index in [1.54, 1.807) is 28.3 Å². The third-order valence-electron chi connectivity index (χ3n) is 3.38. The first-order valence-electron chi connectivity index (χ1n) is 6.16. The summed E-state index contributed by atoms with van der Waals surface area (Å²) in [5.41, 5.74) is 2.40. The average molecular weight is 291 g/mol. The van der Waals surface area contributed by atoms with Crippen molar-refractivity contribution >= 4 is 22.6 Å². The van der Waals surface area contributed by atoms with Gasteiger partial charge in [-0.05, 0) is 29.8 Å². The van der Waals surface area contributed by atoms with Gasteiger partial charge in [0.25, 0.3) is 0 Å². The number of rotatable bonds is 2. The van der Waals surface area contributed by atoms with E-state index in [-0.39, 0.29) is 10.7 Å². The van der Waals surface area contributed by atoms with Crippen LogP contribution in [0.3, 0.4) is 0 Å². The van der Waals surface area contributed by atoms with Gasteiger partial charge in [0.05, 0.1) is 22.6 Å². The number of benzene rings is 2. The molecule has 1 heterocycles. The molecule has 102 valence electrons. The Bertz CT molecular complexity index is 851. The van der Waals surface area contributed by atoms with E-state index in [0.717, 1.165) is 16.6 Å². The maximum absolute atomic E-state index is 13.2. The molecule has 0 unspecified atom stereocenters. The summed E-state index contributed by atoms with van der Waals surface area (Å²) < 4.78 is 16.4. The van der Waals surface area contributed by atoms with Crippen LogP contribution in [0.4, 0.5) is 4.39 Å². The van der Waals surface area contributed by atoms with E-state index in [2.05, 4.69) is 0 Å². The lowest BCUT2D eigenvalue weighted by atomic mass is 10.2. The number of fused-ring (bicyclic) bond motifs is 1. The number of para-hydroxylation sites is 2. The molecule has 3 rings (SSSR count). The molecule has 1 aromatic heterocycles. The highest BCUT2D eigenvalue weighted by Gasteiger charge is 2.11.